The van der Waals surface area contributed by atoms with E-state index in [0.29, 0.717) is 0 Å². The number of halogens is 3. The molecule has 110 valence electrons. The molecule has 0 aromatic rings. The first kappa shape index (κ1) is 14.6. The maximum absolute atomic E-state index is 12.5. The van der Waals surface area contributed by atoms with E-state index in [1.54, 1.807) is 0 Å². The zero-order valence-corrected chi connectivity index (χ0v) is 10.9. The number of rotatable bonds is 7. The van der Waals surface area contributed by atoms with Gasteiger partial charge in [0.05, 0.1) is 13.7 Å². The molecule has 4 nitrogen and oxygen atoms in total. The number of alkyl halides is 3. The van der Waals surface area contributed by atoms with Gasteiger partial charge < -0.3 is 10.1 Å². The number of carbonyl (C=O) groups excluding carboxylic acids is 1. The van der Waals surface area contributed by atoms with Crippen LogP contribution in [-0.2, 0) is 9.53 Å². The Hall–Kier alpha value is -0.820. The standard InChI is InChI=1S/C12H19F3N2O2/c1-19-11(18)10(16-8-2-3-8)6-17(9-4-5-9)7-12(13,14)15/h8-10,16H,2-7H2,1H3. The molecule has 0 radical (unpaired) electrons. The van der Waals surface area contributed by atoms with Crippen molar-refractivity contribution in [3.63, 3.8) is 0 Å². The van der Waals surface area contributed by atoms with Crippen molar-refractivity contribution in [2.75, 3.05) is 20.2 Å². The largest absolute Gasteiger partial charge is 0.468 e. The number of hydrogen-bond donors (Lipinski definition) is 1. The molecule has 0 aromatic heterocycles. The van der Waals surface area contributed by atoms with Crippen molar-refractivity contribution in [3.8, 4) is 0 Å². The molecular weight excluding hydrogens is 261 g/mol. The van der Waals surface area contributed by atoms with Gasteiger partial charge in [-0.15, -0.1) is 0 Å². The zero-order chi connectivity index (χ0) is 14.0. The first-order chi connectivity index (χ1) is 8.89. The third-order valence-electron chi connectivity index (χ3n) is 3.36. The highest BCUT2D eigenvalue weighted by Gasteiger charge is 2.40. The third-order valence-corrected chi connectivity index (χ3v) is 3.36. The summed E-state index contributed by atoms with van der Waals surface area (Å²) in [6.07, 6.45) is -0.754. The van der Waals surface area contributed by atoms with Gasteiger partial charge in [0.2, 0.25) is 0 Å². The average Bonchev–Trinajstić information content (AvgIpc) is 3.15. The molecular formula is C12H19F3N2O2. The lowest BCUT2D eigenvalue weighted by molar-refractivity contribution is -0.154. The van der Waals surface area contributed by atoms with Crippen LogP contribution in [0.1, 0.15) is 25.7 Å². The minimum Gasteiger partial charge on any atom is -0.468 e. The van der Waals surface area contributed by atoms with Crippen molar-refractivity contribution in [1.29, 1.82) is 0 Å². The Bertz CT molecular complexity index is 327. The number of ether oxygens (including phenoxy) is 1. The Morgan fingerprint density at radius 1 is 1.37 bits per heavy atom. The minimum atomic E-state index is -4.23. The van der Waals surface area contributed by atoms with Gasteiger partial charge in [0.15, 0.2) is 0 Å². The molecule has 1 atom stereocenters. The Kier molecular flexibility index (Phi) is 4.35. The van der Waals surface area contributed by atoms with Gasteiger partial charge in [0, 0.05) is 18.6 Å². The predicted molar refractivity (Wildman–Crippen MR) is 62.6 cm³/mol. The second-order valence-electron chi connectivity index (χ2n) is 5.29. The fourth-order valence-electron chi connectivity index (χ4n) is 2.12. The molecule has 19 heavy (non-hydrogen) atoms. The van der Waals surface area contributed by atoms with E-state index >= 15 is 0 Å². The maximum atomic E-state index is 12.5. The van der Waals surface area contributed by atoms with Crippen LogP contribution in [0.5, 0.6) is 0 Å². The van der Waals surface area contributed by atoms with E-state index in [1.807, 2.05) is 0 Å². The zero-order valence-electron chi connectivity index (χ0n) is 10.9. The number of hydrogen-bond acceptors (Lipinski definition) is 4. The summed E-state index contributed by atoms with van der Waals surface area (Å²) in [6, 6.07) is -0.466. The van der Waals surface area contributed by atoms with Crippen LogP contribution in [-0.4, -0.2) is 55.4 Å². The second-order valence-corrected chi connectivity index (χ2v) is 5.29. The predicted octanol–water partition coefficient (Wildman–Crippen LogP) is 1.31. The van der Waals surface area contributed by atoms with E-state index in [0.717, 1.165) is 25.7 Å². The van der Waals surface area contributed by atoms with Crippen LogP contribution in [0.4, 0.5) is 13.2 Å². The Morgan fingerprint density at radius 3 is 2.42 bits per heavy atom. The van der Waals surface area contributed by atoms with Crippen LogP contribution < -0.4 is 5.32 Å². The molecule has 0 aliphatic heterocycles. The quantitative estimate of drug-likeness (QED) is 0.714. The third kappa shape index (κ3) is 4.99. The lowest BCUT2D eigenvalue weighted by atomic mass is 10.2. The molecule has 0 spiro atoms. The van der Waals surface area contributed by atoms with Gasteiger partial charge in [-0.25, -0.2) is 0 Å². The van der Waals surface area contributed by atoms with Crippen molar-refractivity contribution in [3.05, 3.63) is 0 Å². The number of nitrogens with one attached hydrogen (secondary N) is 1. The molecule has 2 rings (SSSR count). The van der Waals surface area contributed by atoms with E-state index in [1.165, 1.54) is 12.0 Å². The molecule has 0 bridgehead atoms. The van der Waals surface area contributed by atoms with Gasteiger partial charge in [-0.1, -0.05) is 0 Å². The van der Waals surface area contributed by atoms with E-state index in [2.05, 4.69) is 10.1 Å². The Balaban J connectivity index is 1.93. The van der Waals surface area contributed by atoms with Crippen LogP contribution in [0.3, 0.4) is 0 Å². The fourth-order valence-corrected chi connectivity index (χ4v) is 2.12. The van der Waals surface area contributed by atoms with Gasteiger partial charge in [0.25, 0.3) is 0 Å². The number of esters is 1. The normalized spacial score (nSPS) is 21.5. The summed E-state index contributed by atoms with van der Waals surface area (Å²) in [5.74, 6) is -0.486. The van der Waals surface area contributed by atoms with E-state index in [4.69, 9.17) is 0 Å². The summed E-state index contributed by atoms with van der Waals surface area (Å²) < 4.78 is 42.2. The van der Waals surface area contributed by atoms with Crippen molar-refractivity contribution < 1.29 is 22.7 Å². The number of methoxy groups -OCH3 is 1. The first-order valence-corrected chi connectivity index (χ1v) is 6.53. The molecule has 2 saturated carbocycles. The molecule has 0 amide bonds. The highest BCUT2D eigenvalue weighted by Crippen LogP contribution is 2.30. The smallest absolute Gasteiger partial charge is 0.401 e. The summed E-state index contributed by atoms with van der Waals surface area (Å²) in [6.45, 7) is -0.898. The molecule has 0 aromatic carbocycles. The van der Waals surface area contributed by atoms with Crippen LogP contribution in [0.2, 0.25) is 0 Å². The number of nitrogens with zero attached hydrogens (tertiary/aromatic N) is 1. The summed E-state index contributed by atoms with van der Waals surface area (Å²) in [5.41, 5.74) is 0. The van der Waals surface area contributed by atoms with Gasteiger partial charge >= 0.3 is 12.1 Å². The Morgan fingerprint density at radius 2 is 2.00 bits per heavy atom. The average molecular weight is 280 g/mol. The van der Waals surface area contributed by atoms with Crippen molar-refractivity contribution >= 4 is 5.97 Å². The molecule has 0 saturated heterocycles. The first-order valence-electron chi connectivity index (χ1n) is 6.53. The van der Waals surface area contributed by atoms with E-state index in [9.17, 15) is 18.0 Å². The summed E-state index contributed by atoms with van der Waals surface area (Å²) in [4.78, 5) is 13.0. The second kappa shape index (κ2) is 5.66. The van der Waals surface area contributed by atoms with Gasteiger partial charge in [0.1, 0.15) is 6.04 Å². The molecule has 2 aliphatic rings. The lowest BCUT2D eigenvalue weighted by Gasteiger charge is -2.27. The maximum Gasteiger partial charge on any atom is 0.401 e. The van der Waals surface area contributed by atoms with Crippen LogP contribution in [0.25, 0.3) is 0 Å². The van der Waals surface area contributed by atoms with Crippen LogP contribution in [0, 0.1) is 0 Å². The molecule has 7 heteroatoms. The van der Waals surface area contributed by atoms with Gasteiger partial charge in [-0.2, -0.15) is 13.2 Å². The van der Waals surface area contributed by atoms with E-state index < -0.39 is 24.7 Å². The highest BCUT2D eigenvalue weighted by atomic mass is 19.4. The lowest BCUT2D eigenvalue weighted by Crippen LogP contribution is -2.50. The number of carbonyl (C=O) groups is 1. The monoisotopic (exact) mass is 280 g/mol. The highest BCUT2D eigenvalue weighted by molar-refractivity contribution is 5.76. The molecule has 0 heterocycles. The molecule has 1 unspecified atom stereocenters. The summed E-state index contributed by atoms with van der Waals surface area (Å²) >= 11 is 0. The van der Waals surface area contributed by atoms with E-state index in [-0.39, 0.29) is 18.6 Å². The molecule has 2 fully saturated rings. The fraction of sp³-hybridized carbons (Fsp3) is 0.917. The Labute approximate surface area is 110 Å². The summed E-state index contributed by atoms with van der Waals surface area (Å²) in [5, 5.41) is 3.06. The minimum absolute atomic E-state index is 0.0465. The molecule has 1 N–H and O–H groups in total. The topological polar surface area (TPSA) is 41.6 Å². The van der Waals surface area contributed by atoms with Gasteiger partial charge in [-0.05, 0) is 25.7 Å². The van der Waals surface area contributed by atoms with Crippen molar-refractivity contribution in [1.82, 2.24) is 10.2 Å². The van der Waals surface area contributed by atoms with Crippen LogP contribution >= 0.6 is 0 Å². The van der Waals surface area contributed by atoms with Crippen LogP contribution in [0.15, 0.2) is 0 Å². The van der Waals surface area contributed by atoms with Gasteiger partial charge in [-0.3, -0.25) is 9.69 Å². The summed E-state index contributed by atoms with van der Waals surface area (Å²) in [7, 11) is 1.26. The van der Waals surface area contributed by atoms with Crippen molar-refractivity contribution in [2.45, 2.75) is 50.0 Å². The van der Waals surface area contributed by atoms with Crippen molar-refractivity contribution in [2.24, 2.45) is 0 Å². The molecule has 2 aliphatic carbocycles. The SMILES string of the molecule is COC(=O)C(CN(CC(F)(F)F)C1CC1)NC1CC1.